The Morgan fingerprint density at radius 3 is 1.13 bits per heavy atom. The lowest BCUT2D eigenvalue weighted by Gasteiger charge is -2.10. The molecule has 0 saturated carbocycles. The molecule has 0 aromatic heterocycles. The highest BCUT2D eigenvalue weighted by Crippen LogP contribution is 2.25. The van der Waals surface area contributed by atoms with E-state index in [1.807, 2.05) is 0 Å². The first-order valence-corrected chi connectivity index (χ1v) is 6.17. The van der Waals surface area contributed by atoms with Crippen molar-refractivity contribution in [3.8, 4) is 11.5 Å². The van der Waals surface area contributed by atoms with Gasteiger partial charge in [0.1, 0.15) is 11.5 Å². The minimum Gasteiger partial charge on any atom is -0.406 e. The fraction of sp³-hybridized carbons (Fsp3) is 0.133. The van der Waals surface area contributed by atoms with Crippen LogP contribution in [-0.4, -0.2) is 12.7 Å². The lowest BCUT2D eigenvalue weighted by Crippen LogP contribution is -2.17. The molecule has 8 heteroatoms. The van der Waals surface area contributed by atoms with E-state index in [1.54, 1.807) is 6.42 Å². The minimum absolute atomic E-state index is 0.358. The standard InChI is InChI=1S/C15H9F6O2/c16-14(17,18)22-12-5-1-10(2-6-12)9-11-3-7-13(8-4-11)23-15(19,20)21/h1-9H. The molecule has 0 atom stereocenters. The molecule has 0 aliphatic carbocycles. The molecule has 2 nitrogen and oxygen atoms in total. The molecular formula is C15H9F6O2. The van der Waals surface area contributed by atoms with E-state index in [9.17, 15) is 26.3 Å². The van der Waals surface area contributed by atoms with E-state index in [4.69, 9.17) is 0 Å². The summed E-state index contributed by atoms with van der Waals surface area (Å²) in [7, 11) is 0. The van der Waals surface area contributed by atoms with E-state index in [0.29, 0.717) is 11.1 Å². The van der Waals surface area contributed by atoms with Gasteiger partial charge in [0.15, 0.2) is 0 Å². The number of alkyl halides is 6. The molecule has 2 rings (SSSR count). The van der Waals surface area contributed by atoms with Crippen LogP contribution < -0.4 is 9.47 Å². The lowest BCUT2D eigenvalue weighted by atomic mass is 10.0. The molecule has 0 amide bonds. The maximum atomic E-state index is 12.0. The quantitative estimate of drug-likeness (QED) is 0.725. The van der Waals surface area contributed by atoms with Gasteiger partial charge in [-0.2, -0.15) is 0 Å². The zero-order valence-electron chi connectivity index (χ0n) is 11.3. The second-order valence-electron chi connectivity index (χ2n) is 4.38. The van der Waals surface area contributed by atoms with Crippen LogP contribution in [0, 0.1) is 6.42 Å². The van der Waals surface area contributed by atoms with E-state index in [0.717, 1.165) is 24.3 Å². The van der Waals surface area contributed by atoms with E-state index in [1.165, 1.54) is 24.3 Å². The molecule has 2 aromatic rings. The molecule has 0 aliphatic heterocycles. The van der Waals surface area contributed by atoms with Crippen LogP contribution in [0.25, 0.3) is 0 Å². The smallest absolute Gasteiger partial charge is 0.406 e. The number of rotatable bonds is 4. The maximum Gasteiger partial charge on any atom is 0.573 e. The van der Waals surface area contributed by atoms with Crippen molar-refractivity contribution in [2.24, 2.45) is 0 Å². The Morgan fingerprint density at radius 2 is 0.870 bits per heavy atom. The van der Waals surface area contributed by atoms with Crippen LogP contribution in [0.4, 0.5) is 26.3 Å². The molecule has 0 aliphatic rings. The highest BCUT2D eigenvalue weighted by Gasteiger charge is 2.31. The summed E-state index contributed by atoms with van der Waals surface area (Å²) in [5.41, 5.74) is 1.12. The summed E-state index contributed by atoms with van der Waals surface area (Å²) in [6, 6.07) is 10.1. The van der Waals surface area contributed by atoms with Crippen molar-refractivity contribution in [1.29, 1.82) is 0 Å². The molecule has 0 N–H and O–H groups in total. The van der Waals surface area contributed by atoms with Gasteiger partial charge in [0, 0.05) is 6.42 Å². The van der Waals surface area contributed by atoms with Gasteiger partial charge in [-0.05, 0) is 35.4 Å². The zero-order valence-corrected chi connectivity index (χ0v) is 11.3. The molecule has 0 heterocycles. The molecule has 0 bridgehead atoms. The third-order valence-electron chi connectivity index (χ3n) is 2.56. The summed E-state index contributed by atoms with van der Waals surface area (Å²) < 4.78 is 79.6. The topological polar surface area (TPSA) is 18.5 Å². The van der Waals surface area contributed by atoms with Crippen molar-refractivity contribution < 1.29 is 35.8 Å². The van der Waals surface area contributed by atoms with Crippen molar-refractivity contribution in [2.75, 3.05) is 0 Å². The van der Waals surface area contributed by atoms with Gasteiger partial charge in [-0.3, -0.25) is 0 Å². The molecular weight excluding hydrogens is 326 g/mol. The van der Waals surface area contributed by atoms with E-state index in [-0.39, 0.29) is 11.5 Å². The lowest BCUT2D eigenvalue weighted by molar-refractivity contribution is -0.275. The SMILES string of the molecule is FC(F)(F)Oc1ccc([CH]c2ccc(OC(F)(F)F)cc2)cc1. The van der Waals surface area contributed by atoms with Crippen LogP contribution >= 0.6 is 0 Å². The molecule has 23 heavy (non-hydrogen) atoms. The van der Waals surface area contributed by atoms with Gasteiger partial charge in [0.05, 0.1) is 0 Å². The predicted octanol–water partition coefficient (Wildman–Crippen LogP) is 5.08. The Morgan fingerprint density at radius 1 is 0.565 bits per heavy atom. The van der Waals surface area contributed by atoms with Gasteiger partial charge >= 0.3 is 12.7 Å². The zero-order chi connectivity index (χ0) is 17.1. The fourth-order valence-corrected chi connectivity index (χ4v) is 1.72. The number of ether oxygens (including phenoxy) is 2. The van der Waals surface area contributed by atoms with E-state index < -0.39 is 12.7 Å². The monoisotopic (exact) mass is 335 g/mol. The second kappa shape index (κ2) is 6.39. The first-order chi connectivity index (χ1) is 10.6. The molecule has 0 spiro atoms. The van der Waals surface area contributed by atoms with Crippen molar-refractivity contribution in [3.63, 3.8) is 0 Å². The first-order valence-electron chi connectivity index (χ1n) is 6.17. The Labute approximate surface area is 127 Å². The van der Waals surface area contributed by atoms with E-state index >= 15 is 0 Å². The van der Waals surface area contributed by atoms with Gasteiger partial charge < -0.3 is 9.47 Å². The minimum atomic E-state index is -4.76. The van der Waals surface area contributed by atoms with Crippen molar-refractivity contribution in [1.82, 2.24) is 0 Å². The largest absolute Gasteiger partial charge is 0.573 e. The van der Waals surface area contributed by atoms with Crippen LogP contribution in [0.5, 0.6) is 11.5 Å². The maximum absolute atomic E-state index is 12.0. The van der Waals surface area contributed by atoms with Crippen LogP contribution in [0.2, 0.25) is 0 Å². The summed E-state index contributed by atoms with van der Waals surface area (Å²) in [6.45, 7) is 0. The van der Waals surface area contributed by atoms with Crippen LogP contribution in [-0.2, 0) is 0 Å². The number of hydrogen-bond acceptors (Lipinski definition) is 2. The van der Waals surface area contributed by atoms with E-state index in [2.05, 4.69) is 9.47 Å². The van der Waals surface area contributed by atoms with Gasteiger partial charge in [-0.1, -0.05) is 24.3 Å². The number of hydrogen-bond donors (Lipinski definition) is 0. The molecule has 0 saturated heterocycles. The van der Waals surface area contributed by atoms with Crippen molar-refractivity contribution >= 4 is 0 Å². The Bertz CT molecular complexity index is 572. The second-order valence-corrected chi connectivity index (χ2v) is 4.38. The number of benzene rings is 2. The van der Waals surface area contributed by atoms with Crippen molar-refractivity contribution in [3.05, 3.63) is 66.1 Å². The summed E-state index contributed by atoms with van der Waals surface area (Å²) in [5.74, 6) is -0.716. The number of halogens is 6. The normalized spacial score (nSPS) is 12.1. The Kier molecular flexibility index (Phi) is 4.72. The van der Waals surface area contributed by atoms with Gasteiger partial charge in [-0.25, -0.2) is 0 Å². The first kappa shape index (κ1) is 17.0. The highest BCUT2D eigenvalue weighted by atomic mass is 19.4. The molecule has 1 radical (unpaired) electrons. The van der Waals surface area contributed by atoms with Crippen molar-refractivity contribution in [2.45, 2.75) is 12.7 Å². The average Bonchev–Trinajstić information content (AvgIpc) is 2.40. The average molecular weight is 335 g/mol. The molecule has 0 unspecified atom stereocenters. The van der Waals surface area contributed by atoms with Crippen LogP contribution in [0.1, 0.15) is 11.1 Å². The Balaban J connectivity index is 1.99. The van der Waals surface area contributed by atoms with Gasteiger partial charge in [0.25, 0.3) is 0 Å². The summed E-state index contributed by atoms with van der Waals surface area (Å²) in [4.78, 5) is 0. The van der Waals surface area contributed by atoms with Gasteiger partial charge in [0.2, 0.25) is 0 Å². The highest BCUT2D eigenvalue weighted by molar-refractivity contribution is 5.41. The molecule has 2 aromatic carbocycles. The predicted molar refractivity (Wildman–Crippen MR) is 68.8 cm³/mol. The summed E-state index contributed by atoms with van der Waals surface area (Å²) >= 11 is 0. The molecule has 123 valence electrons. The Hall–Kier alpha value is -2.38. The third kappa shape index (κ3) is 6.09. The summed E-state index contributed by atoms with van der Waals surface area (Å²) in [6.07, 6.45) is -7.95. The molecule has 0 fully saturated rings. The van der Waals surface area contributed by atoms with Crippen LogP contribution in [0.3, 0.4) is 0 Å². The fourth-order valence-electron chi connectivity index (χ4n) is 1.72. The summed E-state index contributed by atoms with van der Waals surface area (Å²) in [5, 5.41) is 0. The van der Waals surface area contributed by atoms with Gasteiger partial charge in [-0.15, -0.1) is 26.3 Å². The van der Waals surface area contributed by atoms with Crippen LogP contribution in [0.15, 0.2) is 48.5 Å². The third-order valence-corrected chi connectivity index (χ3v) is 2.56.